The van der Waals surface area contributed by atoms with Gasteiger partial charge in [0.15, 0.2) is 0 Å². The Bertz CT molecular complexity index is 225. The Morgan fingerprint density at radius 3 is 2.67 bits per heavy atom. The zero-order chi connectivity index (χ0) is 9.35. The van der Waals surface area contributed by atoms with E-state index >= 15 is 0 Å². The number of urea groups is 1. The smallest absolute Gasteiger partial charge is 0.329 e. The minimum Gasteiger partial charge on any atom is -0.458 e. The van der Waals surface area contributed by atoms with Crippen molar-refractivity contribution in [1.29, 1.82) is 0 Å². The summed E-state index contributed by atoms with van der Waals surface area (Å²) in [6, 6.07) is -1.29. The number of nitrogens with two attached hydrogens (primary N) is 1. The number of hydrogen-bond acceptors (Lipinski definition) is 3. The van der Waals surface area contributed by atoms with Gasteiger partial charge in [-0.25, -0.2) is 9.59 Å². The van der Waals surface area contributed by atoms with Crippen molar-refractivity contribution >= 4 is 12.0 Å². The highest BCUT2D eigenvalue weighted by Gasteiger charge is 2.40. The lowest BCUT2D eigenvalue weighted by atomic mass is 10.0. The SMILES string of the molecule is CC1(C)CC(NC(N)=O)C(=O)O1. The summed E-state index contributed by atoms with van der Waals surface area (Å²) in [7, 11) is 0. The van der Waals surface area contributed by atoms with Crippen LogP contribution in [0.2, 0.25) is 0 Å². The summed E-state index contributed by atoms with van der Waals surface area (Å²) >= 11 is 0. The van der Waals surface area contributed by atoms with Gasteiger partial charge in [-0.1, -0.05) is 0 Å². The Morgan fingerprint density at radius 2 is 2.33 bits per heavy atom. The summed E-state index contributed by atoms with van der Waals surface area (Å²) < 4.78 is 4.95. The van der Waals surface area contributed by atoms with E-state index in [0.717, 1.165) is 0 Å². The highest BCUT2D eigenvalue weighted by molar-refractivity contribution is 5.84. The number of amides is 2. The van der Waals surface area contributed by atoms with E-state index in [4.69, 9.17) is 10.5 Å². The van der Waals surface area contributed by atoms with E-state index in [9.17, 15) is 9.59 Å². The fourth-order valence-corrected chi connectivity index (χ4v) is 1.24. The summed E-state index contributed by atoms with van der Waals surface area (Å²) in [5, 5.41) is 2.31. The molecule has 1 atom stereocenters. The molecule has 0 aromatic carbocycles. The van der Waals surface area contributed by atoms with Crippen molar-refractivity contribution in [3.8, 4) is 0 Å². The molecule has 0 aliphatic carbocycles. The van der Waals surface area contributed by atoms with Crippen LogP contribution in [0, 0.1) is 0 Å². The fourth-order valence-electron chi connectivity index (χ4n) is 1.24. The van der Waals surface area contributed by atoms with Crippen LogP contribution >= 0.6 is 0 Å². The number of ether oxygens (including phenoxy) is 1. The van der Waals surface area contributed by atoms with Gasteiger partial charge >= 0.3 is 12.0 Å². The van der Waals surface area contributed by atoms with Crippen LogP contribution in [-0.2, 0) is 9.53 Å². The van der Waals surface area contributed by atoms with Crippen molar-refractivity contribution in [1.82, 2.24) is 5.32 Å². The maximum Gasteiger partial charge on any atom is 0.329 e. The summed E-state index contributed by atoms with van der Waals surface area (Å²) in [6.45, 7) is 3.57. The fraction of sp³-hybridized carbons (Fsp3) is 0.714. The van der Waals surface area contributed by atoms with Gasteiger partial charge in [-0.05, 0) is 13.8 Å². The van der Waals surface area contributed by atoms with E-state index in [0.29, 0.717) is 6.42 Å². The number of rotatable bonds is 1. The second-order valence-corrected chi connectivity index (χ2v) is 3.45. The van der Waals surface area contributed by atoms with Crippen molar-refractivity contribution in [2.45, 2.75) is 31.9 Å². The molecule has 5 nitrogen and oxygen atoms in total. The lowest BCUT2D eigenvalue weighted by Crippen LogP contribution is -2.41. The van der Waals surface area contributed by atoms with Crippen LogP contribution < -0.4 is 11.1 Å². The zero-order valence-electron chi connectivity index (χ0n) is 7.09. The minimum absolute atomic E-state index is 0.418. The molecule has 5 heteroatoms. The van der Waals surface area contributed by atoms with Gasteiger partial charge in [0.1, 0.15) is 11.6 Å². The van der Waals surface area contributed by atoms with E-state index in [1.165, 1.54) is 0 Å². The van der Waals surface area contributed by atoms with Gasteiger partial charge in [0.2, 0.25) is 0 Å². The molecule has 0 aromatic heterocycles. The molecular weight excluding hydrogens is 160 g/mol. The summed E-state index contributed by atoms with van der Waals surface area (Å²) in [5.41, 5.74) is 4.37. The summed E-state index contributed by atoms with van der Waals surface area (Å²) in [5.74, 6) is -0.418. The van der Waals surface area contributed by atoms with Crippen molar-refractivity contribution < 1.29 is 14.3 Å². The second kappa shape index (κ2) is 2.66. The Kier molecular flexibility index (Phi) is 1.95. The molecule has 1 aliphatic rings. The van der Waals surface area contributed by atoms with Gasteiger partial charge in [0.05, 0.1) is 0 Å². The van der Waals surface area contributed by atoms with Crippen molar-refractivity contribution in [2.24, 2.45) is 5.73 Å². The number of cyclic esters (lactones) is 1. The number of carbonyl (C=O) groups is 2. The molecule has 0 bridgehead atoms. The third kappa shape index (κ3) is 1.87. The van der Waals surface area contributed by atoms with Crippen LogP contribution in [0.1, 0.15) is 20.3 Å². The molecule has 2 amide bonds. The quantitative estimate of drug-likeness (QED) is 0.535. The molecule has 3 N–H and O–H groups in total. The van der Waals surface area contributed by atoms with E-state index in [1.54, 1.807) is 13.8 Å². The van der Waals surface area contributed by atoms with E-state index in [1.807, 2.05) is 0 Å². The Hall–Kier alpha value is -1.26. The van der Waals surface area contributed by atoms with E-state index in [2.05, 4.69) is 5.32 Å². The van der Waals surface area contributed by atoms with Crippen molar-refractivity contribution in [3.05, 3.63) is 0 Å². The molecular formula is C7H12N2O3. The molecule has 1 unspecified atom stereocenters. The lowest BCUT2D eigenvalue weighted by Gasteiger charge is -2.14. The van der Waals surface area contributed by atoms with Crippen molar-refractivity contribution in [2.75, 3.05) is 0 Å². The summed E-state index contributed by atoms with van der Waals surface area (Å²) in [6.07, 6.45) is 0.467. The number of esters is 1. The highest BCUT2D eigenvalue weighted by atomic mass is 16.6. The van der Waals surface area contributed by atoms with Crippen LogP contribution in [0.5, 0.6) is 0 Å². The van der Waals surface area contributed by atoms with Crippen LogP contribution in [0.4, 0.5) is 4.79 Å². The van der Waals surface area contributed by atoms with Gasteiger partial charge in [0, 0.05) is 6.42 Å². The molecule has 68 valence electrons. The van der Waals surface area contributed by atoms with Gasteiger partial charge in [-0.3, -0.25) is 0 Å². The van der Waals surface area contributed by atoms with Gasteiger partial charge in [0.25, 0.3) is 0 Å². The normalized spacial score (nSPS) is 26.5. The summed E-state index contributed by atoms with van der Waals surface area (Å²) in [4.78, 5) is 21.4. The Balaban J connectivity index is 2.58. The van der Waals surface area contributed by atoms with Crippen LogP contribution in [-0.4, -0.2) is 23.6 Å². The highest BCUT2D eigenvalue weighted by Crippen LogP contribution is 2.25. The van der Waals surface area contributed by atoms with Crippen molar-refractivity contribution in [3.63, 3.8) is 0 Å². The molecule has 0 spiro atoms. The maximum atomic E-state index is 11.0. The average Bonchev–Trinajstić information content (AvgIpc) is 2.03. The molecule has 0 saturated carbocycles. The first-order valence-electron chi connectivity index (χ1n) is 3.69. The lowest BCUT2D eigenvalue weighted by molar-refractivity contribution is -0.147. The Morgan fingerprint density at radius 1 is 1.75 bits per heavy atom. The predicted molar refractivity (Wildman–Crippen MR) is 41.3 cm³/mol. The zero-order valence-corrected chi connectivity index (χ0v) is 7.09. The monoisotopic (exact) mass is 172 g/mol. The number of hydrogen-bond donors (Lipinski definition) is 2. The third-order valence-corrected chi connectivity index (χ3v) is 1.67. The molecule has 0 aromatic rings. The van der Waals surface area contributed by atoms with Gasteiger partial charge in [-0.15, -0.1) is 0 Å². The van der Waals surface area contributed by atoms with E-state index in [-0.39, 0.29) is 0 Å². The van der Waals surface area contributed by atoms with Crippen LogP contribution in [0.25, 0.3) is 0 Å². The molecule has 1 rings (SSSR count). The molecule has 0 radical (unpaired) electrons. The largest absolute Gasteiger partial charge is 0.458 e. The standard InChI is InChI=1S/C7H12N2O3/c1-7(2)3-4(5(10)12-7)9-6(8)11/h4H,3H2,1-2H3,(H3,8,9,11). The average molecular weight is 172 g/mol. The topological polar surface area (TPSA) is 81.4 Å². The van der Waals surface area contributed by atoms with E-state index < -0.39 is 23.6 Å². The number of carbonyl (C=O) groups excluding carboxylic acids is 2. The molecule has 1 saturated heterocycles. The maximum absolute atomic E-state index is 11.0. The van der Waals surface area contributed by atoms with Crippen LogP contribution in [0.15, 0.2) is 0 Å². The third-order valence-electron chi connectivity index (χ3n) is 1.67. The predicted octanol–water partition coefficient (Wildman–Crippen LogP) is -0.251. The second-order valence-electron chi connectivity index (χ2n) is 3.45. The first kappa shape index (κ1) is 8.83. The number of nitrogens with one attached hydrogen (secondary N) is 1. The molecule has 1 heterocycles. The molecule has 12 heavy (non-hydrogen) atoms. The first-order chi connectivity index (χ1) is 5.41. The number of primary amides is 1. The minimum atomic E-state index is -0.699. The van der Waals surface area contributed by atoms with Crippen LogP contribution in [0.3, 0.4) is 0 Å². The van der Waals surface area contributed by atoms with Gasteiger partial charge in [-0.2, -0.15) is 0 Å². The molecule has 1 fully saturated rings. The van der Waals surface area contributed by atoms with Gasteiger partial charge < -0.3 is 15.8 Å². The molecule has 1 aliphatic heterocycles. The first-order valence-corrected chi connectivity index (χ1v) is 3.69. The Labute approximate surface area is 70.2 Å².